The minimum absolute atomic E-state index is 0.246. The number of nitrogens with two attached hydrogens (primary N) is 1. The maximum atomic E-state index is 12.2. The number of carbonyl (C=O) groups excluding carboxylic acids is 1. The summed E-state index contributed by atoms with van der Waals surface area (Å²) in [5, 5.41) is 3.40. The largest absolute Gasteiger partial charge is 0.320 e. The Morgan fingerprint density at radius 3 is 2.86 bits per heavy atom. The molecule has 1 aromatic carbocycles. The lowest BCUT2D eigenvalue weighted by Crippen LogP contribution is -2.13. The normalized spacial score (nSPS) is 9.67. The van der Waals surface area contributed by atoms with E-state index in [0.29, 0.717) is 21.6 Å². The average Bonchev–Trinajstić information content (AvgIpc) is 2.48. The zero-order valence-corrected chi connectivity index (χ0v) is 12.4. The fourth-order valence-corrected chi connectivity index (χ4v) is 1.95. The van der Waals surface area contributed by atoms with E-state index >= 15 is 0 Å². The van der Waals surface area contributed by atoms with Gasteiger partial charge in [-0.15, -0.1) is 0 Å². The van der Waals surface area contributed by atoms with Crippen molar-refractivity contribution < 1.29 is 4.79 Å². The topological polar surface area (TPSA) is 68.0 Å². The van der Waals surface area contributed by atoms with E-state index in [-0.39, 0.29) is 18.0 Å². The number of aromatic nitrogens is 1. The molecule has 21 heavy (non-hydrogen) atoms. The van der Waals surface area contributed by atoms with Crippen LogP contribution in [0.15, 0.2) is 36.4 Å². The lowest BCUT2D eigenvalue weighted by molar-refractivity contribution is 0.102. The molecule has 4 nitrogen and oxygen atoms in total. The Labute approximate surface area is 132 Å². The van der Waals surface area contributed by atoms with E-state index in [2.05, 4.69) is 22.1 Å². The van der Waals surface area contributed by atoms with Crippen molar-refractivity contribution in [2.75, 3.05) is 11.9 Å². The fraction of sp³-hybridized carbons (Fsp3) is 0.0667. The number of hydrogen-bond acceptors (Lipinski definition) is 3. The van der Waals surface area contributed by atoms with Gasteiger partial charge in [0.15, 0.2) is 0 Å². The summed E-state index contributed by atoms with van der Waals surface area (Å²) in [6.07, 6.45) is 0. The second-order valence-corrected chi connectivity index (χ2v) is 4.84. The number of carbonyl (C=O) groups is 1. The van der Waals surface area contributed by atoms with Gasteiger partial charge in [0.25, 0.3) is 5.91 Å². The van der Waals surface area contributed by atoms with Crippen LogP contribution in [0.2, 0.25) is 10.0 Å². The molecule has 3 N–H and O–H groups in total. The SMILES string of the molecule is NCC#Cc1cccc(NC(=O)c2cc(Cl)ccc2Cl)n1. The molecule has 0 aliphatic heterocycles. The molecule has 1 aromatic heterocycles. The van der Waals surface area contributed by atoms with Gasteiger partial charge in [-0.2, -0.15) is 0 Å². The zero-order chi connectivity index (χ0) is 15.2. The molecule has 0 saturated carbocycles. The maximum absolute atomic E-state index is 12.2. The lowest BCUT2D eigenvalue weighted by atomic mass is 10.2. The summed E-state index contributed by atoms with van der Waals surface area (Å²) < 4.78 is 0. The monoisotopic (exact) mass is 319 g/mol. The molecule has 0 radical (unpaired) electrons. The highest BCUT2D eigenvalue weighted by Crippen LogP contribution is 2.21. The van der Waals surface area contributed by atoms with Gasteiger partial charge in [-0.25, -0.2) is 4.98 Å². The number of rotatable bonds is 2. The number of benzene rings is 1. The van der Waals surface area contributed by atoms with Gasteiger partial charge in [-0.05, 0) is 36.3 Å². The molecule has 0 aliphatic rings. The Bertz CT molecular complexity index is 735. The molecule has 0 spiro atoms. The summed E-state index contributed by atoms with van der Waals surface area (Å²) in [7, 11) is 0. The second kappa shape index (κ2) is 7.09. The summed E-state index contributed by atoms with van der Waals surface area (Å²) in [6.45, 7) is 0.246. The number of amides is 1. The van der Waals surface area contributed by atoms with Crippen molar-refractivity contribution in [3.8, 4) is 11.8 Å². The lowest BCUT2D eigenvalue weighted by Gasteiger charge is -2.06. The van der Waals surface area contributed by atoms with Crippen molar-refractivity contribution in [3.63, 3.8) is 0 Å². The Morgan fingerprint density at radius 1 is 1.29 bits per heavy atom. The average molecular weight is 320 g/mol. The van der Waals surface area contributed by atoms with Gasteiger partial charge < -0.3 is 11.1 Å². The third kappa shape index (κ3) is 4.20. The molecule has 0 bridgehead atoms. The minimum Gasteiger partial charge on any atom is -0.320 e. The Balaban J connectivity index is 2.21. The van der Waals surface area contributed by atoms with Crippen LogP contribution in [0.3, 0.4) is 0 Å². The van der Waals surface area contributed by atoms with E-state index in [4.69, 9.17) is 28.9 Å². The predicted molar refractivity (Wildman–Crippen MR) is 84.6 cm³/mol. The van der Waals surface area contributed by atoms with Crippen LogP contribution in [0.25, 0.3) is 0 Å². The third-order valence-corrected chi connectivity index (χ3v) is 3.05. The molecule has 0 unspecified atom stereocenters. The van der Waals surface area contributed by atoms with E-state index in [9.17, 15) is 4.79 Å². The Morgan fingerprint density at radius 2 is 2.10 bits per heavy atom. The van der Waals surface area contributed by atoms with E-state index < -0.39 is 0 Å². The van der Waals surface area contributed by atoms with Gasteiger partial charge in [0.1, 0.15) is 11.5 Å². The first-order valence-electron chi connectivity index (χ1n) is 6.02. The summed E-state index contributed by atoms with van der Waals surface area (Å²) >= 11 is 11.8. The van der Waals surface area contributed by atoms with Crippen LogP contribution in [0.5, 0.6) is 0 Å². The quantitative estimate of drug-likeness (QED) is 0.836. The molecule has 2 aromatic rings. The first-order chi connectivity index (χ1) is 10.1. The van der Waals surface area contributed by atoms with Crippen LogP contribution in [-0.4, -0.2) is 17.4 Å². The van der Waals surface area contributed by atoms with Gasteiger partial charge >= 0.3 is 0 Å². The van der Waals surface area contributed by atoms with Crippen molar-refractivity contribution >= 4 is 34.9 Å². The number of pyridine rings is 1. The van der Waals surface area contributed by atoms with Gasteiger partial charge in [-0.1, -0.05) is 35.2 Å². The second-order valence-electron chi connectivity index (χ2n) is 3.99. The van der Waals surface area contributed by atoms with Crippen LogP contribution in [0.4, 0.5) is 5.82 Å². The Hall–Kier alpha value is -2.06. The molecule has 0 saturated heterocycles. The van der Waals surface area contributed by atoms with E-state index in [1.807, 2.05) is 0 Å². The number of nitrogens with zero attached hydrogens (tertiary/aromatic N) is 1. The Kier molecular flexibility index (Phi) is 5.18. The van der Waals surface area contributed by atoms with Crippen molar-refractivity contribution in [3.05, 3.63) is 57.7 Å². The number of anilines is 1. The molecule has 0 aliphatic carbocycles. The highest BCUT2D eigenvalue weighted by Gasteiger charge is 2.11. The fourth-order valence-electron chi connectivity index (χ4n) is 1.57. The summed E-state index contributed by atoms with van der Waals surface area (Å²) in [5.41, 5.74) is 6.11. The smallest absolute Gasteiger partial charge is 0.258 e. The van der Waals surface area contributed by atoms with Gasteiger partial charge in [0.05, 0.1) is 17.1 Å². The van der Waals surface area contributed by atoms with Crippen LogP contribution < -0.4 is 11.1 Å². The molecule has 0 atom stereocenters. The number of halogens is 2. The summed E-state index contributed by atoms with van der Waals surface area (Å²) in [6, 6.07) is 9.80. The van der Waals surface area contributed by atoms with Crippen LogP contribution in [0.1, 0.15) is 16.1 Å². The van der Waals surface area contributed by atoms with E-state index in [1.165, 1.54) is 6.07 Å². The minimum atomic E-state index is -0.390. The summed E-state index contributed by atoms with van der Waals surface area (Å²) in [5.74, 6) is 5.48. The van der Waals surface area contributed by atoms with Gasteiger partial charge in [0.2, 0.25) is 0 Å². The van der Waals surface area contributed by atoms with Crippen molar-refractivity contribution in [2.24, 2.45) is 5.73 Å². The molecule has 1 amide bonds. The first kappa shape index (κ1) is 15.3. The maximum Gasteiger partial charge on any atom is 0.258 e. The standard InChI is InChI=1S/C15H11Cl2N3O/c16-10-6-7-13(17)12(9-10)15(21)20-14-5-1-3-11(19-14)4-2-8-18/h1,3,5-7,9H,8,18H2,(H,19,20,21). The van der Waals surface area contributed by atoms with E-state index in [0.717, 1.165) is 0 Å². The van der Waals surface area contributed by atoms with Gasteiger partial charge in [0, 0.05) is 5.02 Å². The molecular weight excluding hydrogens is 309 g/mol. The molecular formula is C15H11Cl2N3O. The van der Waals surface area contributed by atoms with Crippen LogP contribution >= 0.6 is 23.2 Å². The molecule has 2 rings (SSSR count). The van der Waals surface area contributed by atoms with E-state index in [1.54, 1.807) is 30.3 Å². The molecule has 0 fully saturated rings. The van der Waals surface area contributed by atoms with Crippen molar-refractivity contribution in [1.29, 1.82) is 0 Å². The van der Waals surface area contributed by atoms with Crippen LogP contribution in [0, 0.1) is 11.8 Å². The highest BCUT2D eigenvalue weighted by molar-refractivity contribution is 6.36. The first-order valence-corrected chi connectivity index (χ1v) is 6.78. The van der Waals surface area contributed by atoms with Crippen LogP contribution in [-0.2, 0) is 0 Å². The predicted octanol–water partition coefficient (Wildman–Crippen LogP) is 2.95. The molecule has 6 heteroatoms. The zero-order valence-electron chi connectivity index (χ0n) is 10.9. The molecule has 106 valence electrons. The van der Waals surface area contributed by atoms with Crippen molar-refractivity contribution in [1.82, 2.24) is 4.98 Å². The highest BCUT2D eigenvalue weighted by atomic mass is 35.5. The number of hydrogen-bond donors (Lipinski definition) is 2. The molecule has 1 heterocycles. The van der Waals surface area contributed by atoms with Crippen molar-refractivity contribution in [2.45, 2.75) is 0 Å². The third-order valence-electron chi connectivity index (χ3n) is 2.48. The summed E-state index contributed by atoms with van der Waals surface area (Å²) in [4.78, 5) is 16.4. The number of nitrogens with one attached hydrogen (secondary N) is 1. The van der Waals surface area contributed by atoms with Gasteiger partial charge in [-0.3, -0.25) is 4.79 Å².